The van der Waals surface area contributed by atoms with Gasteiger partial charge in [0.05, 0.1) is 37.4 Å². The molecule has 0 radical (unpaired) electrons. The van der Waals surface area contributed by atoms with Gasteiger partial charge in [-0.25, -0.2) is 0 Å². The fourth-order valence-electron chi connectivity index (χ4n) is 13.5. The van der Waals surface area contributed by atoms with E-state index in [-0.39, 0.29) is 17.3 Å². The van der Waals surface area contributed by atoms with Crippen molar-refractivity contribution in [2.45, 2.75) is 200 Å². The highest BCUT2D eigenvalue weighted by Gasteiger charge is 2.69. The number of aliphatic hydroxyl groups is 14. The van der Waals surface area contributed by atoms with Crippen LogP contribution in [-0.2, 0) is 42.7 Å². The van der Waals surface area contributed by atoms with Crippen LogP contribution in [0.1, 0.15) is 71.6 Å². The molecule has 0 aromatic carbocycles. The molecule has 384 valence electrons. The summed E-state index contributed by atoms with van der Waals surface area (Å²) in [6.45, 7) is 5.45. The summed E-state index contributed by atoms with van der Waals surface area (Å²) in [5.74, 6) is -0.743. The van der Waals surface area contributed by atoms with E-state index in [4.69, 9.17) is 37.9 Å². The van der Waals surface area contributed by atoms with Gasteiger partial charge in [-0.3, -0.25) is 4.79 Å². The number of carbonyl (C=O) groups excluding carboxylic acids is 1. The Kier molecular flexibility index (Phi) is 15.0. The van der Waals surface area contributed by atoms with Crippen molar-refractivity contribution in [1.82, 2.24) is 0 Å². The topological polar surface area (TPSA) is 374 Å². The van der Waals surface area contributed by atoms with E-state index >= 15 is 0 Å². The van der Waals surface area contributed by atoms with Gasteiger partial charge in [0.1, 0.15) is 97.7 Å². The summed E-state index contributed by atoms with van der Waals surface area (Å²) >= 11 is 0. The predicted molar refractivity (Wildman–Crippen MR) is 219 cm³/mol. The molecule has 4 saturated heterocycles. The highest BCUT2D eigenvalue weighted by atomic mass is 16.8. The van der Waals surface area contributed by atoms with Crippen LogP contribution in [0.15, 0.2) is 12.2 Å². The van der Waals surface area contributed by atoms with Gasteiger partial charge in [0.15, 0.2) is 18.9 Å². The molecular formula is C44H70O23. The van der Waals surface area contributed by atoms with Crippen LogP contribution in [-0.4, -0.2) is 232 Å². The van der Waals surface area contributed by atoms with Gasteiger partial charge in [-0.2, -0.15) is 0 Å². The first kappa shape index (κ1) is 51.7. The largest absolute Gasteiger partial charge is 0.432 e. The second-order valence-corrected chi connectivity index (χ2v) is 20.8. The summed E-state index contributed by atoms with van der Waals surface area (Å²) in [4.78, 5) is 14.2. The van der Waals surface area contributed by atoms with E-state index in [2.05, 4.69) is 13.5 Å². The van der Waals surface area contributed by atoms with Crippen molar-refractivity contribution in [1.29, 1.82) is 0 Å². The van der Waals surface area contributed by atoms with Crippen LogP contribution in [0.2, 0.25) is 0 Å². The zero-order valence-electron chi connectivity index (χ0n) is 37.5. The Morgan fingerprint density at radius 2 is 1.06 bits per heavy atom. The third-order valence-electron chi connectivity index (χ3n) is 17.1. The first-order valence-electron chi connectivity index (χ1n) is 23.4. The molecule has 8 fully saturated rings. The fraction of sp³-hybridized carbons (Fsp3) is 0.932. The van der Waals surface area contributed by atoms with E-state index in [0.29, 0.717) is 51.4 Å². The molecule has 0 amide bonds. The van der Waals surface area contributed by atoms with Crippen molar-refractivity contribution in [2.75, 3.05) is 26.4 Å². The van der Waals surface area contributed by atoms with Crippen molar-refractivity contribution in [3.05, 3.63) is 12.2 Å². The van der Waals surface area contributed by atoms with Crippen molar-refractivity contribution < 1.29 is 114 Å². The van der Waals surface area contributed by atoms with E-state index in [1.54, 1.807) is 0 Å². The molecule has 0 aromatic heterocycles. The predicted octanol–water partition coefficient (Wildman–Crippen LogP) is -5.11. The van der Waals surface area contributed by atoms with Crippen LogP contribution in [0.25, 0.3) is 0 Å². The number of aliphatic hydroxyl groups excluding tert-OH is 14. The lowest BCUT2D eigenvalue weighted by Crippen LogP contribution is -2.67. The summed E-state index contributed by atoms with van der Waals surface area (Å²) in [7, 11) is 0. The van der Waals surface area contributed by atoms with Crippen molar-refractivity contribution >= 4 is 5.97 Å². The summed E-state index contributed by atoms with van der Waals surface area (Å²) < 4.78 is 47.3. The van der Waals surface area contributed by atoms with Gasteiger partial charge in [0, 0.05) is 0 Å². The Morgan fingerprint density at radius 3 is 1.66 bits per heavy atom. The second-order valence-electron chi connectivity index (χ2n) is 20.8. The number of fused-ring (bicyclic) bond motifs is 3. The lowest BCUT2D eigenvalue weighted by atomic mass is 9.41. The molecule has 8 aliphatic rings. The monoisotopic (exact) mass is 966 g/mol. The van der Waals surface area contributed by atoms with E-state index in [9.17, 15) is 76.3 Å². The van der Waals surface area contributed by atoms with Crippen LogP contribution >= 0.6 is 0 Å². The summed E-state index contributed by atoms with van der Waals surface area (Å²) in [6, 6.07) is 0. The van der Waals surface area contributed by atoms with Crippen molar-refractivity contribution in [3.63, 3.8) is 0 Å². The minimum absolute atomic E-state index is 0.0552. The average Bonchev–Trinajstić information content (AvgIpc) is 3.50. The second kappa shape index (κ2) is 19.4. The Hall–Kier alpha value is -1.63. The Labute approximate surface area is 386 Å². The third-order valence-corrected chi connectivity index (χ3v) is 17.1. The molecule has 23 heteroatoms. The van der Waals surface area contributed by atoms with Gasteiger partial charge in [-0.1, -0.05) is 19.9 Å². The molecule has 14 N–H and O–H groups in total. The lowest BCUT2D eigenvalue weighted by Gasteiger charge is -2.64. The molecule has 4 aliphatic carbocycles. The maximum atomic E-state index is 14.2. The van der Waals surface area contributed by atoms with Crippen LogP contribution in [0, 0.1) is 28.1 Å². The van der Waals surface area contributed by atoms with Gasteiger partial charge in [-0.05, 0) is 86.5 Å². The molecule has 1 spiro atoms. The fourth-order valence-corrected chi connectivity index (χ4v) is 13.5. The van der Waals surface area contributed by atoms with E-state index in [0.717, 1.165) is 12.0 Å². The number of hydrogen-bond donors (Lipinski definition) is 14. The highest BCUT2D eigenvalue weighted by Crippen LogP contribution is 2.73. The molecule has 67 heavy (non-hydrogen) atoms. The zero-order chi connectivity index (χ0) is 48.7. The van der Waals surface area contributed by atoms with Gasteiger partial charge >= 0.3 is 5.97 Å². The molecule has 8 rings (SSSR count). The smallest absolute Gasteiger partial charge is 0.314 e. The summed E-state index contributed by atoms with van der Waals surface area (Å²) in [5.41, 5.74) is -2.16. The Bertz CT molecular complexity index is 1760. The van der Waals surface area contributed by atoms with Crippen molar-refractivity contribution in [2.24, 2.45) is 28.1 Å². The first-order chi connectivity index (χ1) is 31.6. The van der Waals surface area contributed by atoms with Crippen LogP contribution < -0.4 is 0 Å². The molecule has 4 aliphatic heterocycles. The van der Waals surface area contributed by atoms with Crippen molar-refractivity contribution in [3.8, 4) is 0 Å². The number of ether oxygens (including phenoxy) is 8. The van der Waals surface area contributed by atoms with E-state index in [1.165, 1.54) is 0 Å². The van der Waals surface area contributed by atoms with Gasteiger partial charge in [0.2, 0.25) is 6.29 Å². The normalized spacial score (nSPS) is 54.5. The maximum Gasteiger partial charge on any atom is 0.314 e. The molecular weight excluding hydrogens is 896 g/mol. The number of esters is 1. The average molecular weight is 967 g/mol. The lowest BCUT2D eigenvalue weighted by molar-refractivity contribution is -0.391. The number of rotatable bonds is 12. The minimum atomic E-state index is -1.99. The molecule has 23 nitrogen and oxygen atoms in total. The first-order valence-corrected chi connectivity index (χ1v) is 23.4. The molecule has 0 aromatic rings. The van der Waals surface area contributed by atoms with E-state index in [1.807, 2.05) is 6.92 Å². The molecule has 0 unspecified atom stereocenters. The van der Waals surface area contributed by atoms with E-state index < -0.39 is 172 Å². The Morgan fingerprint density at radius 1 is 0.567 bits per heavy atom. The quantitative estimate of drug-likeness (QED) is 0.0494. The maximum absolute atomic E-state index is 14.2. The molecule has 26 atom stereocenters. The van der Waals surface area contributed by atoms with Crippen LogP contribution in [0.4, 0.5) is 0 Å². The number of carbonyl (C=O) groups is 1. The van der Waals surface area contributed by atoms with Crippen LogP contribution in [0.5, 0.6) is 0 Å². The van der Waals surface area contributed by atoms with Gasteiger partial charge in [-0.15, -0.1) is 0 Å². The molecule has 4 saturated carbocycles. The summed E-state index contributed by atoms with van der Waals surface area (Å²) in [6.07, 6.45) is -28.6. The van der Waals surface area contributed by atoms with Gasteiger partial charge in [0.25, 0.3) is 0 Å². The minimum Gasteiger partial charge on any atom is -0.432 e. The Balaban J connectivity index is 1.00. The SMILES string of the molecule is C=C1C[C@]23CC[C@@H]4[C@](C)(CCC[C@]4(C)C(=O)O[C@@H]4O[C@H](CO)[C@@H](O)[C@H](O)[C@H]4O)[C@H]2CC[C@@]1(O[C@H]1O[C@@H](CO)[C@H](O)[C@@H](O)[C@@H]1O[C@@H]1O[C@H](CO)[C@H](O)[C@@H](O[C@@H]2O[C@H](CO)[C@@H](O)[C@H](O)[C@@H]2O)[C@@H]1O)C3. The highest BCUT2D eigenvalue weighted by molar-refractivity contribution is 5.77. The standard InChI is InChI=1S/C44H70O23/c1-17-11-43-9-5-22-41(2,7-4-8-42(22,3)40(59)66-37-32(57)29(54)25(50)19(13-46)61-37)23(43)6-10-44(17,16-43)67-39-35(30(55)26(51)20(14-47)63-39)65-38-33(58)34(27(52)21(15-48)62-38)64-36-31(56)28(53)24(49)18(12-45)60-36/h18-39,45-58H,1,4-16H2,2-3H3/t18-,19-,20+,21-,22-,23-,24-,25-,26+,27+,28+,29+,30-,31+,32-,33+,34-,35+,36+,37+,38+,39-,41+,42+,43+,44-/m1/s1. The third kappa shape index (κ3) is 8.63. The van der Waals surface area contributed by atoms with Gasteiger partial charge < -0.3 is 109 Å². The molecule has 2 bridgehead atoms. The summed E-state index contributed by atoms with van der Waals surface area (Å²) in [5, 5.41) is 148. The number of hydrogen-bond acceptors (Lipinski definition) is 23. The molecule has 4 heterocycles. The zero-order valence-corrected chi connectivity index (χ0v) is 37.5. The van der Waals surface area contributed by atoms with Crippen LogP contribution in [0.3, 0.4) is 0 Å².